The van der Waals surface area contributed by atoms with E-state index in [4.69, 9.17) is 17.3 Å². The number of fused-ring (bicyclic) bond motifs is 1. The molecule has 0 amide bonds. The number of para-hydroxylation sites is 1. The van der Waals surface area contributed by atoms with Gasteiger partial charge in [0.2, 0.25) is 0 Å². The first-order chi connectivity index (χ1) is 9.59. The van der Waals surface area contributed by atoms with Crippen molar-refractivity contribution in [1.29, 1.82) is 0 Å². The van der Waals surface area contributed by atoms with Crippen molar-refractivity contribution in [3.8, 4) is 0 Å². The van der Waals surface area contributed by atoms with Gasteiger partial charge in [-0.25, -0.2) is 0 Å². The fourth-order valence-electron chi connectivity index (χ4n) is 2.12. The highest BCUT2D eigenvalue weighted by Gasteiger charge is 2.05. The Kier molecular flexibility index (Phi) is 4.68. The van der Waals surface area contributed by atoms with Gasteiger partial charge in [-0.2, -0.15) is 0 Å². The van der Waals surface area contributed by atoms with Crippen LogP contribution in [0, 0.1) is 4.77 Å². The van der Waals surface area contributed by atoms with Gasteiger partial charge in [0, 0.05) is 13.0 Å². The SMILES string of the molecule is O=C(O)CCCCCn1c(=S)[nH]c2ccccc2c1=O. The molecule has 0 saturated carbocycles. The third-order valence-electron chi connectivity index (χ3n) is 3.16. The zero-order valence-electron chi connectivity index (χ0n) is 11.0. The van der Waals surface area contributed by atoms with E-state index in [1.807, 2.05) is 18.2 Å². The van der Waals surface area contributed by atoms with Gasteiger partial charge in [0.15, 0.2) is 4.77 Å². The molecule has 0 atom stereocenters. The van der Waals surface area contributed by atoms with Gasteiger partial charge in [-0.3, -0.25) is 14.2 Å². The summed E-state index contributed by atoms with van der Waals surface area (Å²) in [4.78, 5) is 25.8. The normalized spacial score (nSPS) is 10.8. The van der Waals surface area contributed by atoms with E-state index in [9.17, 15) is 9.59 Å². The van der Waals surface area contributed by atoms with E-state index in [1.165, 1.54) is 0 Å². The molecule has 0 fully saturated rings. The van der Waals surface area contributed by atoms with Crippen molar-refractivity contribution in [2.75, 3.05) is 0 Å². The quantitative estimate of drug-likeness (QED) is 0.634. The van der Waals surface area contributed by atoms with Crippen molar-refractivity contribution >= 4 is 29.1 Å². The van der Waals surface area contributed by atoms with Crippen LogP contribution in [0.15, 0.2) is 29.1 Å². The predicted molar refractivity (Wildman–Crippen MR) is 79.5 cm³/mol. The average Bonchev–Trinajstić information content (AvgIpc) is 2.41. The largest absolute Gasteiger partial charge is 0.481 e. The van der Waals surface area contributed by atoms with E-state index in [0.29, 0.717) is 23.1 Å². The van der Waals surface area contributed by atoms with E-state index in [-0.39, 0.29) is 12.0 Å². The van der Waals surface area contributed by atoms with Crippen molar-refractivity contribution in [3.63, 3.8) is 0 Å². The first-order valence-corrected chi connectivity index (χ1v) is 6.94. The summed E-state index contributed by atoms with van der Waals surface area (Å²) in [5, 5.41) is 9.18. The van der Waals surface area contributed by atoms with Crippen LogP contribution in [-0.4, -0.2) is 20.6 Å². The molecule has 1 aromatic carbocycles. The van der Waals surface area contributed by atoms with Crippen LogP contribution in [0.2, 0.25) is 0 Å². The lowest BCUT2D eigenvalue weighted by molar-refractivity contribution is -0.137. The molecule has 5 nitrogen and oxygen atoms in total. The Morgan fingerprint density at radius 1 is 1.25 bits per heavy atom. The molecule has 1 heterocycles. The topological polar surface area (TPSA) is 75.1 Å². The number of rotatable bonds is 6. The van der Waals surface area contributed by atoms with Crippen molar-refractivity contribution in [1.82, 2.24) is 9.55 Å². The molecule has 0 unspecified atom stereocenters. The third kappa shape index (κ3) is 3.33. The fraction of sp³-hybridized carbons (Fsp3) is 0.357. The first-order valence-electron chi connectivity index (χ1n) is 6.53. The monoisotopic (exact) mass is 292 g/mol. The minimum absolute atomic E-state index is 0.0948. The molecular weight excluding hydrogens is 276 g/mol. The van der Waals surface area contributed by atoms with Crippen molar-refractivity contribution in [2.24, 2.45) is 0 Å². The van der Waals surface area contributed by atoms with Crippen LogP contribution in [0.1, 0.15) is 25.7 Å². The molecule has 2 rings (SSSR count). The lowest BCUT2D eigenvalue weighted by atomic mass is 10.2. The van der Waals surface area contributed by atoms with E-state index in [0.717, 1.165) is 18.4 Å². The molecule has 0 saturated heterocycles. The molecular formula is C14H16N2O3S. The summed E-state index contributed by atoms with van der Waals surface area (Å²) in [6, 6.07) is 7.26. The lowest BCUT2D eigenvalue weighted by Crippen LogP contribution is -2.22. The molecule has 20 heavy (non-hydrogen) atoms. The van der Waals surface area contributed by atoms with E-state index in [1.54, 1.807) is 10.6 Å². The van der Waals surface area contributed by atoms with Gasteiger partial charge in [0.05, 0.1) is 10.9 Å². The number of H-pyrrole nitrogens is 1. The molecule has 0 aliphatic heterocycles. The zero-order chi connectivity index (χ0) is 14.5. The van der Waals surface area contributed by atoms with Gasteiger partial charge in [-0.05, 0) is 37.2 Å². The van der Waals surface area contributed by atoms with E-state index >= 15 is 0 Å². The van der Waals surface area contributed by atoms with Crippen LogP contribution in [0.25, 0.3) is 10.9 Å². The molecule has 2 N–H and O–H groups in total. The smallest absolute Gasteiger partial charge is 0.303 e. The molecule has 106 valence electrons. The summed E-state index contributed by atoms with van der Waals surface area (Å²) in [6.07, 6.45) is 2.29. The summed E-state index contributed by atoms with van der Waals surface area (Å²) >= 11 is 5.20. The number of nitrogens with zero attached hydrogens (tertiary/aromatic N) is 1. The second kappa shape index (κ2) is 6.47. The van der Waals surface area contributed by atoms with Crippen LogP contribution in [0.3, 0.4) is 0 Å². The molecule has 6 heteroatoms. The molecule has 2 aromatic rings. The number of hydrogen-bond acceptors (Lipinski definition) is 3. The number of benzene rings is 1. The summed E-state index contributed by atoms with van der Waals surface area (Å²) in [5.74, 6) is -0.787. The summed E-state index contributed by atoms with van der Waals surface area (Å²) in [7, 11) is 0. The standard InChI is InChI=1S/C14H16N2O3S/c17-12(18)8-2-1-5-9-16-13(19)10-6-3-4-7-11(10)15-14(16)20/h3-4,6-7H,1-2,5,8-9H2,(H,15,20)(H,17,18). The number of aromatic amines is 1. The van der Waals surface area contributed by atoms with Crippen LogP contribution < -0.4 is 5.56 Å². The number of hydrogen-bond donors (Lipinski definition) is 2. The van der Waals surface area contributed by atoms with Crippen molar-refractivity contribution in [2.45, 2.75) is 32.2 Å². The zero-order valence-corrected chi connectivity index (χ0v) is 11.8. The summed E-state index contributed by atoms with van der Waals surface area (Å²) in [5.41, 5.74) is 0.646. The Labute approximate surface area is 120 Å². The Morgan fingerprint density at radius 3 is 2.75 bits per heavy atom. The maximum atomic E-state index is 12.3. The van der Waals surface area contributed by atoms with Crippen LogP contribution in [0.5, 0.6) is 0 Å². The number of carbonyl (C=O) groups is 1. The number of carboxylic acids is 1. The Morgan fingerprint density at radius 2 is 2.00 bits per heavy atom. The third-order valence-corrected chi connectivity index (χ3v) is 3.48. The second-order valence-electron chi connectivity index (χ2n) is 4.64. The van der Waals surface area contributed by atoms with Gasteiger partial charge in [0.1, 0.15) is 0 Å². The second-order valence-corrected chi connectivity index (χ2v) is 5.02. The maximum absolute atomic E-state index is 12.3. The molecule has 0 aliphatic rings. The molecule has 0 spiro atoms. The maximum Gasteiger partial charge on any atom is 0.303 e. The molecule has 1 aromatic heterocycles. The molecule has 0 aliphatic carbocycles. The van der Waals surface area contributed by atoms with E-state index < -0.39 is 5.97 Å². The lowest BCUT2D eigenvalue weighted by Gasteiger charge is -2.07. The van der Waals surface area contributed by atoms with Crippen LogP contribution in [0.4, 0.5) is 0 Å². The van der Waals surface area contributed by atoms with Gasteiger partial charge >= 0.3 is 5.97 Å². The van der Waals surface area contributed by atoms with Gasteiger partial charge in [-0.15, -0.1) is 0 Å². The number of aromatic nitrogens is 2. The van der Waals surface area contributed by atoms with Crippen LogP contribution >= 0.6 is 12.2 Å². The van der Waals surface area contributed by atoms with Crippen molar-refractivity contribution < 1.29 is 9.90 Å². The van der Waals surface area contributed by atoms with Gasteiger partial charge in [0.25, 0.3) is 5.56 Å². The predicted octanol–water partition coefficient (Wildman–Crippen LogP) is 2.70. The van der Waals surface area contributed by atoms with Gasteiger partial charge in [-0.1, -0.05) is 18.6 Å². The number of unbranched alkanes of at least 4 members (excludes halogenated alkanes) is 2. The Balaban J connectivity index is 2.12. The van der Waals surface area contributed by atoms with Crippen molar-refractivity contribution in [3.05, 3.63) is 39.4 Å². The Bertz CT molecular complexity index is 733. The minimum atomic E-state index is -0.787. The van der Waals surface area contributed by atoms with E-state index in [2.05, 4.69) is 4.98 Å². The summed E-state index contributed by atoms with van der Waals surface area (Å²) < 4.78 is 1.95. The highest BCUT2D eigenvalue weighted by Crippen LogP contribution is 2.07. The minimum Gasteiger partial charge on any atom is -0.481 e. The number of carboxylic acid groups (broad SMARTS) is 1. The average molecular weight is 292 g/mol. The number of nitrogens with one attached hydrogen (secondary N) is 1. The van der Waals surface area contributed by atoms with Crippen LogP contribution in [-0.2, 0) is 11.3 Å². The highest BCUT2D eigenvalue weighted by molar-refractivity contribution is 7.71. The fourth-order valence-corrected chi connectivity index (χ4v) is 2.41. The Hall–Kier alpha value is -1.95. The first kappa shape index (κ1) is 14.5. The summed E-state index contributed by atoms with van der Waals surface area (Å²) in [6.45, 7) is 0.513. The highest BCUT2D eigenvalue weighted by atomic mass is 32.1. The molecule has 0 bridgehead atoms. The number of aliphatic carboxylic acids is 1. The van der Waals surface area contributed by atoms with Gasteiger partial charge < -0.3 is 10.1 Å². The molecule has 0 radical (unpaired) electrons.